The summed E-state index contributed by atoms with van der Waals surface area (Å²) in [4.78, 5) is 3.98. The first kappa shape index (κ1) is 10.7. The summed E-state index contributed by atoms with van der Waals surface area (Å²) in [5.74, 6) is 0.0463. The molecule has 74 valence electrons. The molecule has 0 aromatic heterocycles. The minimum Gasteiger partial charge on any atom is -0.386 e. The van der Waals surface area contributed by atoms with Crippen molar-refractivity contribution in [2.24, 2.45) is 10.7 Å². The third kappa shape index (κ3) is 2.85. The molecule has 0 heterocycles. The van der Waals surface area contributed by atoms with Gasteiger partial charge in [-0.05, 0) is 12.5 Å². The summed E-state index contributed by atoms with van der Waals surface area (Å²) in [6.45, 7) is 2.15. The molecular weight excluding hydrogens is 198 g/mol. The van der Waals surface area contributed by atoms with Crippen molar-refractivity contribution >= 4 is 23.7 Å². The molecule has 4 heteroatoms. The monoisotopic (exact) mass is 209 g/mol. The Bertz CT molecular complexity index is 372. The molecule has 0 atom stereocenters. The van der Waals surface area contributed by atoms with Gasteiger partial charge in [-0.3, -0.25) is 10.4 Å². The van der Waals surface area contributed by atoms with Gasteiger partial charge in [0.15, 0.2) is 0 Å². The van der Waals surface area contributed by atoms with Gasteiger partial charge in [0.1, 0.15) is 5.84 Å². The summed E-state index contributed by atoms with van der Waals surface area (Å²) in [7, 11) is 0. The van der Waals surface area contributed by atoms with Crippen molar-refractivity contribution < 1.29 is 0 Å². The van der Waals surface area contributed by atoms with E-state index in [1.807, 2.05) is 25.1 Å². The zero-order valence-corrected chi connectivity index (χ0v) is 8.67. The van der Waals surface area contributed by atoms with E-state index in [0.29, 0.717) is 5.02 Å². The van der Waals surface area contributed by atoms with Gasteiger partial charge in [0.25, 0.3) is 0 Å². The Labute approximate surface area is 88.1 Å². The van der Waals surface area contributed by atoms with E-state index in [1.54, 1.807) is 6.21 Å². The third-order valence-corrected chi connectivity index (χ3v) is 2.23. The number of rotatable bonds is 3. The van der Waals surface area contributed by atoms with Gasteiger partial charge in [-0.25, -0.2) is 0 Å². The molecule has 0 aliphatic heterocycles. The predicted molar refractivity (Wildman–Crippen MR) is 60.6 cm³/mol. The van der Waals surface area contributed by atoms with Crippen LogP contribution < -0.4 is 5.73 Å². The van der Waals surface area contributed by atoms with Crippen molar-refractivity contribution in [3.63, 3.8) is 0 Å². The molecule has 1 aromatic rings. The largest absolute Gasteiger partial charge is 0.386 e. The number of hydrogen-bond donors (Lipinski definition) is 2. The Morgan fingerprint density at radius 3 is 3.00 bits per heavy atom. The lowest BCUT2D eigenvalue weighted by molar-refractivity contribution is 1.24. The first-order valence-electron chi connectivity index (χ1n) is 4.19. The van der Waals surface area contributed by atoms with E-state index in [2.05, 4.69) is 4.99 Å². The fourth-order valence-corrected chi connectivity index (χ4v) is 1.19. The van der Waals surface area contributed by atoms with Crippen LogP contribution in [0.5, 0.6) is 0 Å². The average molecular weight is 210 g/mol. The number of aryl methyl sites for hydroxylation is 1. The van der Waals surface area contributed by atoms with Crippen LogP contribution in [0.4, 0.5) is 0 Å². The molecule has 0 unspecified atom stereocenters. The maximum absolute atomic E-state index is 6.99. The van der Waals surface area contributed by atoms with Crippen LogP contribution in [0.25, 0.3) is 0 Å². The highest BCUT2D eigenvalue weighted by atomic mass is 35.5. The molecule has 0 fully saturated rings. The number of halogens is 1. The molecule has 3 nitrogen and oxygen atoms in total. The summed E-state index contributed by atoms with van der Waals surface area (Å²) in [6, 6.07) is 5.72. The molecular formula is C10H12ClN3. The Morgan fingerprint density at radius 1 is 1.64 bits per heavy atom. The minimum absolute atomic E-state index is 0.0463. The molecule has 0 spiro atoms. The van der Waals surface area contributed by atoms with Gasteiger partial charge in [0.2, 0.25) is 0 Å². The van der Waals surface area contributed by atoms with E-state index in [0.717, 1.165) is 11.1 Å². The van der Waals surface area contributed by atoms with Crippen LogP contribution >= 0.6 is 11.6 Å². The smallest absolute Gasteiger partial charge is 0.113 e. The minimum atomic E-state index is 0.0463. The average Bonchev–Trinajstić information content (AvgIpc) is 2.12. The summed E-state index contributed by atoms with van der Waals surface area (Å²) < 4.78 is 0. The Kier molecular flexibility index (Phi) is 3.65. The van der Waals surface area contributed by atoms with Gasteiger partial charge >= 0.3 is 0 Å². The lowest BCUT2D eigenvalue weighted by Crippen LogP contribution is -2.13. The third-order valence-electron chi connectivity index (χ3n) is 1.71. The van der Waals surface area contributed by atoms with E-state index in [1.165, 1.54) is 0 Å². The maximum Gasteiger partial charge on any atom is 0.113 e. The molecule has 0 radical (unpaired) electrons. The number of amidine groups is 1. The summed E-state index contributed by atoms with van der Waals surface area (Å²) in [6.07, 6.45) is 1.64. The van der Waals surface area contributed by atoms with Gasteiger partial charge in [0.05, 0.1) is 11.6 Å². The summed E-state index contributed by atoms with van der Waals surface area (Å²) in [5.41, 5.74) is 7.03. The van der Waals surface area contributed by atoms with E-state index in [-0.39, 0.29) is 12.4 Å². The number of hydrogen-bond acceptors (Lipinski definition) is 2. The molecule has 0 saturated carbocycles. The van der Waals surface area contributed by atoms with Crippen LogP contribution in [0.2, 0.25) is 5.02 Å². The SMILES string of the molecule is Cc1cccc(C=NCC(=N)N)c1Cl. The predicted octanol–water partition coefficient (Wildman–Crippen LogP) is 2.00. The van der Waals surface area contributed by atoms with Crippen molar-refractivity contribution in [1.82, 2.24) is 0 Å². The first-order valence-corrected chi connectivity index (χ1v) is 4.57. The Morgan fingerprint density at radius 2 is 2.36 bits per heavy atom. The highest BCUT2D eigenvalue weighted by molar-refractivity contribution is 6.33. The fourth-order valence-electron chi connectivity index (χ4n) is 1.01. The van der Waals surface area contributed by atoms with Gasteiger partial charge in [0, 0.05) is 11.8 Å². The zero-order chi connectivity index (χ0) is 10.6. The van der Waals surface area contributed by atoms with E-state index in [4.69, 9.17) is 22.7 Å². The number of nitrogens with zero attached hydrogens (tertiary/aromatic N) is 1. The lowest BCUT2D eigenvalue weighted by Gasteiger charge is -2.00. The lowest BCUT2D eigenvalue weighted by atomic mass is 10.1. The molecule has 0 bridgehead atoms. The van der Waals surface area contributed by atoms with Crippen LogP contribution in [-0.2, 0) is 0 Å². The molecule has 3 N–H and O–H groups in total. The second kappa shape index (κ2) is 4.77. The molecule has 14 heavy (non-hydrogen) atoms. The highest BCUT2D eigenvalue weighted by Gasteiger charge is 1.98. The quantitative estimate of drug-likeness (QED) is 0.581. The Balaban J connectivity index is 2.81. The van der Waals surface area contributed by atoms with Gasteiger partial charge < -0.3 is 5.73 Å². The molecule has 0 saturated heterocycles. The van der Waals surface area contributed by atoms with Crippen molar-refractivity contribution in [3.8, 4) is 0 Å². The zero-order valence-electron chi connectivity index (χ0n) is 7.92. The molecule has 0 amide bonds. The number of aliphatic imine (C=N–C) groups is 1. The molecule has 0 aliphatic rings. The molecule has 0 aliphatic carbocycles. The van der Waals surface area contributed by atoms with Crippen molar-refractivity contribution in [2.75, 3.05) is 6.54 Å². The number of benzene rings is 1. The van der Waals surface area contributed by atoms with E-state index >= 15 is 0 Å². The van der Waals surface area contributed by atoms with Crippen molar-refractivity contribution in [1.29, 1.82) is 5.41 Å². The van der Waals surface area contributed by atoms with Crippen LogP contribution in [0.3, 0.4) is 0 Å². The second-order valence-corrected chi connectivity index (χ2v) is 3.35. The maximum atomic E-state index is 6.99. The summed E-state index contributed by atoms with van der Waals surface area (Å²) >= 11 is 6.03. The van der Waals surface area contributed by atoms with Gasteiger partial charge in [-0.1, -0.05) is 29.8 Å². The normalized spacial score (nSPS) is 10.7. The topological polar surface area (TPSA) is 62.2 Å². The second-order valence-electron chi connectivity index (χ2n) is 2.97. The van der Waals surface area contributed by atoms with Crippen LogP contribution in [0.1, 0.15) is 11.1 Å². The first-order chi connectivity index (χ1) is 6.61. The summed E-state index contributed by atoms with van der Waals surface area (Å²) in [5, 5.41) is 7.68. The van der Waals surface area contributed by atoms with Crippen LogP contribution in [-0.4, -0.2) is 18.6 Å². The molecule has 1 rings (SSSR count). The molecule has 1 aromatic carbocycles. The number of nitrogens with two attached hydrogens (primary N) is 1. The fraction of sp³-hybridized carbons (Fsp3) is 0.200. The van der Waals surface area contributed by atoms with Gasteiger partial charge in [-0.15, -0.1) is 0 Å². The highest BCUT2D eigenvalue weighted by Crippen LogP contribution is 2.18. The Hall–Kier alpha value is -1.35. The standard InChI is InChI=1S/C10H12ClN3/c1-7-3-2-4-8(10(7)11)5-14-6-9(12)13/h2-5H,6H2,1H3,(H3,12,13). The number of nitrogens with one attached hydrogen (secondary N) is 1. The van der Waals surface area contributed by atoms with Crippen molar-refractivity contribution in [3.05, 3.63) is 34.3 Å². The van der Waals surface area contributed by atoms with Crippen LogP contribution in [0.15, 0.2) is 23.2 Å². The van der Waals surface area contributed by atoms with Gasteiger partial charge in [-0.2, -0.15) is 0 Å². The van der Waals surface area contributed by atoms with E-state index < -0.39 is 0 Å². The van der Waals surface area contributed by atoms with Crippen LogP contribution in [0, 0.1) is 12.3 Å². The van der Waals surface area contributed by atoms with Crippen molar-refractivity contribution in [2.45, 2.75) is 6.92 Å². The van der Waals surface area contributed by atoms with E-state index in [9.17, 15) is 0 Å².